The van der Waals surface area contributed by atoms with Gasteiger partial charge in [0.1, 0.15) is 0 Å². The number of nitrogens with zero attached hydrogens (tertiary/aromatic N) is 1. The maximum Gasteiger partial charge on any atom is 0.255 e. The zero-order chi connectivity index (χ0) is 17.8. The first-order chi connectivity index (χ1) is 12.0. The molecule has 0 aliphatic carbocycles. The molecule has 0 spiro atoms. The largest absolute Gasteiger partial charge is 0.322 e. The lowest BCUT2D eigenvalue weighted by Gasteiger charge is -2.08. The lowest BCUT2D eigenvalue weighted by Crippen LogP contribution is -2.22. The van der Waals surface area contributed by atoms with Crippen molar-refractivity contribution in [2.75, 3.05) is 5.32 Å². The van der Waals surface area contributed by atoms with E-state index in [9.17, 15) is 14.4 Å². The number of hydrogen-bond acceptors (Lipinski definition) is 4. The van der Waals surface area contributed by atoms with Gasteiger partial charge in [0.15, 0.2) is 0 Å². The lowest BCUT2D eigenvalue weighted by atomic mass is 9.98. The highest BCUT2D eigenvalue weighted by atomic mass is 16.2. The first-order valence-electron chi connectivity index (χ1n) is 7.79. The van der Waals surface area contributed by atoms with Gasteiger partial charge >= 0.3 is 0 Å². The number of imide groups is 1. The van der Waals surface area contributed by atoms with Crippen LogP contribution in [-0.2, 0) is 16.0 Å². The Labute approximate surface area is 144 Å². The van der Waals surface area contributed by atoms with Crippen molar-refractivity contribution < 1.29 is 14.4 Å². The fraction of sp³-hybridized carbons (Fsp3) is 0.158. The molecule has 1 saturated heterocycles. The van der Waals surface area contributed by atoms with E-state index in [1.807, 2.05) is 18.2 Å². The van der Waals surface area contributed by atoms with Gasteiger partial charge in [0.2, 0.25) is 11.8 Å². The van der Waals surface area contributed by atoms with Crippen LogP contribution in [0.4, 0.5) is 5.69 Å². The molecule has 1 aliphatic rings. The lowest BCUT2D eigenvalue weighted by molar-refractivity contribution is -0.125. The Kier molecular flexibility index (Phi) is 4.57. The summed E-state index contributed by atoms with van der Waals surface area (Å²) < 4.78 is 0. The molecule has 0 saturated carbocycles. The molecular formula is C19H15N3O3. The monoisotopic (exact) mass is 333 g/mol. The quantitative estimate of drug-likeness (QED) is 0.836. The Morgan fingerprint density at radius 3 is 2.36 bits per heavy atom. The predicted octanol–water partition coefficient (Wildman–Crippen LogP) is 2.02. The molecule has 124 valence electrons. The Balaban J connectivity index is 1.62. The minimum atomic E-state index is -0.327. The van der Waals surface area contributed by atoms with Crippen LogP contribution in [0.2, 0.25) is 0 Å². The topological polar surface area (TPSA) is 99.1 Å². The third-order valence-corrected chi connectivity index (χ3v) is 4.04. The SMILES string of the molecule is N#Cc1ccc(C(=O)Nc2ccc(C[C@H]3CC(=O)NC3=O)cc2)cc1. The van der Waals surface area contributed by atoms with Gasteiger partial charge in [-0.1, -0.05) is 12.1 Å². The molecule has 2 N–H and O–H groups in total. The van der Waals surface area contributed by atoms with E-state index in [-0.39, 0.29) is 30.1 Å². The van der Waals surface area contributed by atoms with Crippen LogP contribution in [0, 0.1) is 17.2 Å². The molecule has 0 aromatic heterocycles. The molecule has 3 amide bonds. The van der Waals surface area contributed by atoms with Crippen molar-refractivity contribution >= 4 is 23.4 Å². The average molecular weight is 333 g/mol. The number of carbonyl (C=O) groups excluding carboxylic acids is 3. The molecule has 6 heteroatoms. The first-order valence-corrected chi connectivity index (χ1v) is 7.79. The van der Waals surface area contributed by atoms with Crippen LogP contribution in [0.25, 0.3) is 0 Å². The van der Waals surface area contributed by atoms with Crippen LogP contribution in [0.3, 0.4) is 0 Å². The minimum absolute atomic E-state index is 0.218. The Hall–Kier alpha value is -3.46. The summed E-state index contributed by atoms with van der Waals surface area (Å²) in [6.07, 6.45) is 0.706. The van der Waals surface area contributed by atoms with Crippen LogP contribution in [0.1, 0.15) is 27.9 Å². The molecule has 6 nitrogen and oxygen atoms in total. The maximum atomic E-state index is 12.2. The molecule has 25 heavy (non-hydrogen) atoms. The zero-order valence-electron chi connectivity index (χ0n) is 13.3. The predicted molar refractivity (Wildman–Crippen MR) is 90.5 cm³/mol. The number of nitriles is 1. The Morgan fingerprint density at radius 2 is 1.80 bits per heavy atom. The van der Waals surface area contributed by atoms with Crippen LogP contribution in [0.15, 0.2) is 48.5 Å². The number of anilines is 1. The molecule has 3 rings (SSSR count). The second kappa shape index (κ2) is 6.97. The van der Waals surface area contributed by atoms with Gasteiger partial charge in [-0.3, -0.25) is 19.7 Å². The summed E-state index contributed by atoms with van der Waals surface area (Å²) in [5.41, 5.74) is 2.51. The summed E-state index contributed by atoms with van der Waals surface area (Å²) in [4.78, 5) is 35.0. The summed E-state index contributed by atoms with van der Waals surface area (Å²) >= 11 is 0. The molecule has 0 unspecified atom stereocenters. The molecule has 0 radical (unpaired) electrons. The van der Waals surface area contributed by atoms with Crippen molar-refractivity contribution in [3.8, 4) is 6.07 Å². The van der Waals surface area contributed by atoms with Gasteiger partial charge in [-0.2, -0.15) is 5.26 Å². The Bertz CT molecular complexity index is 864. The second-order valence-corrected chi connectivity index (χ2v) is 5.86. The van der Waals surface area contributed by atoms with Gasteiger partial charge in [0.25, 0.3) is 5.91 Å². The molecule has 1 atom stereocenters. The first kappa shape index (κ1) is 16.4. The number of benzene rings is 2. The second-order valence-electron chi connectivity index (χ2n) is 5.86. The van der Waals surface area contributed by atoms with E-state index >= 15 is 0 Å². The van der Waals surface area contributed by atoms with E-state index in [1.54, 1.807) is 36.4 Å². The number of carbonyl (C=O) groups is 3. The fourth-order valence-corrected chi connectivity index (χ4v) is 2.68. The van der Waals surface area contributed by atoms with Crippen molar-refractivity contribution in [3.05, 3.63) is 65.2 Å². The van der Waals surface area contributed by atoms with E-state index < -0.39 is 0 Å². The third kappa shape index (κ3) is 3.90. The number of hydrogen-bond donors (Lipinski definition) is 2. The van der Waals surface area contributed by atoms with Gasteiger partial charge < -0.3 is 5.32 Å². The van der Waals surface area contributed by atoms with E-state index in [1.165, 1.54) is 0 Å². The van der Waals surface area contributed by atoms with E-state index in [4.69, 9.17) is 5.26 Å². The van der Waals surface area contributed by atoms with Gasteiger partial charge in [-0.15, -0.1) is 0 Å². The summed E-state index contributed by atoms with van der Waals surface area (Å²) in [5.74, 6) is -1.06. The normalized spacial score (nSPS) is 16.2. The molecule has 1 heterocycles. The third-order valence-electron chi connectivity index (χ3n) is 4.04. The highest BCUT2D eigenvalue weighted by Crippen LogP contribution is 2.19. The molecular weight excluding hydrogens is 318 g/mol. The number of nitrogens with one attached hydrogen (secondary N) is 2. The van der Waals surface area contributed by atoms with Crippen molar-refractivity contribution in [1.29, 1.82) is 5.26 Å². The van der Waals surface area contributed by atoms with Crippen molar-refractivity contribution in [3.63, 3.8) is 0 Å². The standard InChI is InChI=1S/C19H15N3O3/c20-11-13-1-5-14(6-2-13)18(24)21-16-7-3-12(4-8-16)9-15-10-17(23)22-19(15)25/h1-8,15H,9-10H2,(H,21,24)(H,22,23,25)/t15-/m0/s1. The summed E-state index contributed by atoms with van der Waals surface area (Å²) in [6.45, 7) is 0. The van der Waals surface area contributed by atoms with Crippen molar-refractivity contribution in [2.45, 2.75) is 12.8 Å². The smallest absolute Gasteiger partial charge is 0.255 e. The van der Waals surface area contributed by atoms with Gasteiger partial charge in [-0.05, 0) is 48.4 Å². The van der Waals surface area contributed by atoms with E-state index in [0.717, 1.165) is 5.56 Å². The van der Waals surface area contributed by atoms with Crippen LogP contribution < -0.4 is 10.6 Å². The number of rotatable bonds is 4. The summed E-state index contributed by atoms with van der Waals surface area (Å²) in [6, 6.07) is 15.5. The minimum Gasteiger partial charge on any atom is -0.322 e. The van der Waals surface area contributed by atoms with Gasteiger partial charge in [-0.25, -0.2) is 0 Å². The maximum absolute atomic E-state index is 12.2. The van der Waals surface area contributed by atoms with Gasteiger partial charge in [0.05, 0.1) is 17.6 Å². The molecule has 1 aliphatic heterocycles. The fourth-order valence-electron chi connectivity index (χ4n) is 2.68. The van der Waals surface area contributed by atoms with E-state index in [2.05, 4.69) is 10.6 Å². The average Bonchev–Trinajstić information content (AvgIpc) is 2.94. The van der Waals surface area contributed by atoms with Crippen LogP contribution in [-0.4, -0.2) is 17.7 Å². The molecule has 2 aromatic rings. The Morgan fingerprint density at radius 1 is 1.12 bits per heavy atom. The highest BCUT2D eigenvalue weighted by Gasteiger charge is 2.30. The molecule has 0 bridgehead atoms. The van der Waals surface area contributed by atoms with Crippen molar-refractivity contribution in [2.24, 2.45) is 5.92 Å². The molecule has 2 aromatic carbocycles. The number of amides is 3. The van der Waals surface area contributed by atoms with Crippen LogP contribution in [0.5, 0.6) is 0 Å². The summed E-state index contributed by atoms with van der Waals surface area (Å²) in [7, 11) is 0. The van der Waals surface area contributed by atoms with Gasteiger partial charge in [0, 0.05) is 17.7 Å². The summed E-state index contributed by atoms with van der Waals surface area (Å²) in [5, 5.41) is 13.8. The zero-order valence-corrected chi connectivity index (χ0v) is 13.3. The van der Waals surface area contributed by atoms with E-state index in [0.29, 0.717) is 23.2 Å². The highest BCUT2D eigenvalue weighted by molar-refractivity contribution is 6.04. The van der Waals surface area contributed by atoms with Crippen molar-refractivity contribution in [1.82, 2.24) is 5.32 Å². The van der Waals surface area contributed by atoms with Crippen LogP contribution >= 0.6 is 0 Å². The molecule has 1 fully saturated rings.